The Morgan fingerprint density at radius 3 is 1.40 bits per heavy atom. The lowest BCUT2D eigenvalue weighted by molar-refractivity contribution is -0.124. The molecule has 4 rings (SSSR count). The minimum atomic E-state index is -0.406. The molecule has 2 fully saturated rings. The van der Waals surface area contributed by atoms with Gasteiger partial charge in [0.2, 0.25) is 11.8 Å². The van der Waals surface area contributed by atoms with Crippen LogP contribution in [0.5, 0.6) is 0 Å². The van der Waals surface area contributed by atoms with E-state index in [2.05, 4.69) is 10.6 Å². The van der Waals surface area contributed by atoms with Crippen molar-refractivity contribution in [3.05, 3.63) is 66.3 Å². The van der Waals surface area contributed by atoms with Crippen molar-refractivity contribution < 1.29 is 19.2 Å². The zero-order chi connectivity index (χ0) is 30.6. The van der Waals surface area contributed by atoms with Crippen LogP contribution < -0.4 is 10.6 Å². The van der Waals surface area contributed by atoms with Gasteiger partial charge in [-0.1, -0.05) is 94.4 Å². The lowest BCUT2D eigenvalue weighted by atomic mass is 10.2. The topological polar surface area (TPSA) is 98.8 Å². The first-order valence-corrected chi connectivity index (χ1v) is 16.2. The fourth-order valence-corrected chi connectivity index (χ4v) is 7.21. The maximum absolute atomic E-state index is 13.2. The van der Waals surface area contributed by atoms with Crippen molar-refractivity contribution in [1.82, 2.24) is 9.80 Å². The molecular formula is C26H20Cl4N4O4S4. The number of rotatable bonds is 10. The lowest BCUT2D eigenvalue weighted by Gasteiger charge is -2.15. The predicted octanol–water partition coefficient (Wildman–Crippen LogP) is 7.37. The SMILES string of the molecule is O=C(CCCN1C(=O)C(=C2SC(=S)N(CCCC(=O)Nc3ccc(Cl)c(Cl)c3)C2=O)SC1=S)Nc1ccc(Cl)c(Cl)c1. The van der Waals surface area contributed by atoms with Gasteiger partial charge in [-0.25, -0.2) is 0 Å². The molecule has 220 valence electrons. The van der Waals surface area contributed by atoms with Crippen LogP contribution in [0, 0.1) is 0 Å². The number of thioether (sulfide) groups is 2. The molecule has 4 amide bonds. The van der Waals surface area contributed by atoms with Crippen molar-refractivity contribution in [3.8, 4) is 0 Å². The lowest BCUT2D eigenvalue weighted by Crippen LogP contribution is -2.31. The Morgan fingerprint density at radius 2 is 1.05 bits per heavy atom. The van der Waals surface area contributed by atoms with Crippen molar-refractivity contribution in [2.24, 2.45) is 0 Å². The number of carbonyl (C=O) groups excluding carboxylic acids is 4. The number of anilines is 2. The van der Waals surface area contributed by atoms with E-state index in [-0.39, 0.29) is 47.6 Å². The molecule has 42 heavy (non-hydrogen) atoms. The molecule has 0 bridgehead atoms. The normalized spacial score (nSPS) is 17.0. The number of nitrogens with zero attached hydrogens (tertiary/aromatic N) is 2. The van der Waals surface area contributed by atoms with E-state index in [9.17, 15) is 19.2 Å². The van der Waals surface area contributed by atoms with Gasteiger partial charge in [0.15, 0.2) is 0 Å². The summed E-state index contributed by atoms with van der Waals surface area (Å²) in [6, 6.07) is 9.53. The van der Waals surface area contributed by atoms with Crippen molar-refractivity contribution >= 4 is 138 Å². The third kappa shape index (κ3) is 8.17. The summed E-state index contributed by atoms with van der Waals surface area (Å²) in [5, 5.41) is 6.86. The average molecular weight is 723 g/mol. The molecule has 2 saturated heterocycles. The molecule has 2 aliphatic heterocycles. The number of hydrogen-bond acceptors (Lipinski definition) is 8. The maximum atomic E-state index is 13.2. The molecule has 0 saturated carbocycles. The first-order valence-electron chi connectivity index (χ1n) is 12.3. The largest absolute Gasteiger partial charge is 0.326 e. The molecule has 16 heteroatoms. The fourth-order valence-electron chi connectivity index (χ4n) is 3.85. The molecule has 2 aromatic rings. The molecular weight excluding hydrogens is 702 g/mol. The van der Waals surface area contributed by atoms with Gasteiger partial charge < -0.3 is 10.6 Å². The highest BCUT2D eigenvalue weighted by Crippen LogP contribution is 2.42. The highest BCUT2D eigenvalue weighted by Gasteiger charge is 2.41. The summed E-state index contributed by atoms with van der Waals surface area (Å²) in [7, 11) is 0. The molecule has 2 aliphatic rings. The maximum Gasteiger partial charge on any atom is 0.267 e. The van der Waals surface area contributed by atoms with Crippen molar-refractivity contribution in [2.45, 2.75) is 25.7 Å². The van der Waals surface area contributed by atoms with Crippen LogP contribution in [-0.2, 0) is 19.2 Å². The van der Waals surface area contributed by atoms with Crippen LogP contribution in [0.4, 0.5) is 11.4 Å². The second kappa shape index (κ2) is 14.7. The van der Waals surface area contributed by atoms with Crippen LogP contribution in [0.15, 0.2) is 46.2 Å². The van der Waals surface area contributed by atoms with Crippen LogP contribution in [-0.4, -0.2) is 55.2 Å². The third-order valence-corrected chi connectivity index (χ3v) is 10.4. The van der Waals surface area contributed by atoms with E-state index in [1.807, 2.05) is 0 Å². The molecule has 2 N–H and O–H groups in total. The predicted molar refractivity (Wildman–Crippen MR) is 179 cm³/mol. The summed E-state index contributed by atoms with van der Waals surface area (Å²) in [5.74, 6) is -1.33. The summed E-state index contributed by atoms with van der Waals surface area (Å²) in [6.07, 6.45) is 0.955. The number of benzene rings is 2. The first-order chi connectivity index (χ1) is 19.9. The molecule has 2 aromatic carbocycles. The second-order valence-electron chi connectivity index (χ2n) is 8.87. The van der Waals surface area contributed by atoms with E-state index in [0.29, 0.717) is 52.9 Å². The van der Waals surface area contributed by atoms with Crippen molar-refractivity contribution in [3.63, 3.8) is 0 Å². The summed E-state index contributed by atoms with van der Waals surface area (Å²) in [6.45, 7) is 0.411. The van der Waals surface area contributed by atoms with Crippen LogP contribution in [0.2, 0.25) is 20.1 Å². The first kappa shape index (κ1) is 33.0. The second-order valence-corrected chi connectivity index (χ2v) is 13.8. The number of thiocarbonyl (C=S) groups is 2. The zero-order valence-corrected chi connectivity index (χ0v) is 27.7. The van der Waals surface area contributed by atoms with Gasteiger partial charge in [0.25, 0.3) is 11.8 Å². The highest BCUT2D eigenvalue weighted by atomic mass is 35.5. The van der Waals surface area contributed by atoms with Gasteiger partial charge in [0, 0.05) is 37.3 Å². The smallest absolute Gasteiger partial charge is 0.267 e. The van der Waals surface area contributed by atoms with Crippen LogP contribution >= 0.6 is 94.4 Å². The molecule has 0 radical (unpaired) electrons. The van der Waals surface area contributed by atoms with Gasteiger partial charge in [0.05, 0.1) is 29.9 Å². The monoisotopic (exact) mass is 720 g/mol. The number of halogens is 4. The van der Waals surface area contributed by atoms with E-state index < -0.39 is 11.8 Å². The molecule has 0 unspecified atom stereocenters. The van der Waals surface area contributed by atoms with Crippen LogP contribution in [0.3, 0.4) is 0 Å². The van der Waals surface area contributed by atoms with Gasteiger partial charge in [0.1, 0.15) is 8.64 Å². The number of carbonyl (C=O) groups is 4. The van der Waals surface area contributed by atoms with Crippen molar-refractivity contribution in [2.75, 3.05) is 23.7 Å². The van der Waals surface area contributed by atoms with Crippen LogP contribution in [0.25, 0.3) is 0 Å². The van der Waals surface area contributed by atoms with E-state index in [4.69, 9.17) is 70.8 Å². The van der Waals surface area contributed by atoms with Gasteiger partial charge in [-0.3, -0.25) is 29.0 Å². The van der Waals surface area contributed by atoms with Crippen LogP contribution in [0.1, 0.15) is 25.7 Å². The average Bonchev–Trinajstić information content (AvgIpc) is 3.37. The standard InChI is InChI=1S/C26H20Cl4N4O4S4/c27-15-7-5-13(11-17(15)29)31-19(35)3-1-9-33-23(37)21(41-25(33)39)22-24(38)34(26(40)42-22)10-2-4-20(36)32-14-6-8-16(28)18(30)12-14/h5-8,11-12H,1-4,9-10H2,(H,31,35)(H,32,36). The van der Waals surface area contributed by atoms with Crippen molar-refractivity contribution in [1.29, 1.82) is 0 Å². The van der Waals surface area contributed by atoms with E-state index in [1.165, 1.54) is 9.80 Å². The number of nitrogens with one attached hydrogen (secondary N) is 2. The Morgan fingerprint density at radius 1 is 0.667 bits per heavy atom. The minimum Gasteiger partial charge on any atom is -0.326 e. The minimum absolute atomic E-state index is 0.132. The Labute approximate surface area is 280 Å². The van der Waals surface area contributed by atoms with Gasteiger partial charge in [-0.2, -0.15) is 0 Å². The highest BCUT2D eigenvalue weighted by molar-refractivity contribution is 8.29. The zero-order valence-electron chi connectivity index (χ0n) is 21.4. The van der Waals surface area contributed by atoms with E-state index >= 15 is 0 Å². The number of hydrogen-bond donors (Lipinski definition) is 2. The van der Waals surface area contributed by atoms with Gasteiger partial charge >= 0.3 is 0 Å². The molecule has 0 atom stereocenters. The van der Waals surface area contributed by atoms with Gasteiger partial charge in [-0.05, 0) is 49.2 Å². The summed E-state index contributed by atoms with van der Waals surface area (Å²) in [5.41, 5.74) is 1.02. The molecule has 8 nitrogen and oxygen atoms in total. The Hall–Kier alpha value is -1.90. The quantitative estimate of drug-likeness (QED) is 0.194. The van der Waals surface area contributed by atoms with E-state index in [1.54, 1.807) is 36.4 Å². The Bertz CT molecular complexity index is 1430. The Balaban J connectivity index is 1.27. The third-order valence-electron chi connectivity index (χ3n) is 5.88. The molecule has 0 aliphatic carbocycles. The summed E-state index contributed by atoms with van der Waals surface area (Å²) >= 11 is 36.6. The molecule has 0 aromatic heterocycles. The number of amides is 4. The van der Waals surface area contributed by atoms with Gasteiger partial charge in [-0.15, -0.1) is 0 Å². The van der Waals surface area contributed by atoms with E-state index in [0.717, 1.165) is 23.5 Å². The molecule has 2 heterocycles. The summed E-state index contributed by atoms with van der Waals surface area (Å²) < 4.78 is 0.591. The Kier molecular flexibility index (Phi) is 11.6. The fraction of sp³-hybridized carbons (Fsp3) is 0.231. The molecule has 0 spiro atoms. The summed E-state index contributed by atoms with van der Waals surface area (Å²) in [4.78, 5) is 54.2.